The first-order valence-electron chi connectivity index (χ1n) is 10.2. The number of piperidine rings is 1. The number of amides is 1. The van der Waals surface area contributed by atoms with Crippen LogP contribution in [0.3, 0.4) is 0 Å². The molecule has 2 fully saturated rings. The Morgan fingerprint density at radius 1 is 1.10 bits per heavy atom. The van der Waals surface area contributed by atoms with Crippen LogP contribution in [0, 0.1) is 33.1 Å². The number of carbonyl (C=O) groups excluding carboxylic acids is 1. The number of carbonyl (C=O) groups is 1. The second-order valence-corrected chi connectivity index (χ2v) is 8.50. The molecule has 1 N–H and O–H groups in total. The molecule has 2 aliphatic heterocycles. The lowest BCUT2D eigenvalue weighted by atomic mass is 9.78. The number of aryl methyl sites for hydroxylation is 3. The van der Waals surface area contributed by atoms with Crippen molar-refractivity contribution in [3.8, 4) is 5.95 Å². The number of hydrogen-bond donors (Lipinski definition) is 1. The van der Waals surface area contributed by atoms with Crippen molar-refractivity contribution >= 4 is 18.3 Å². The monoisotopic (exact) mass is 418 g/mol. The maximum absolute atomic E-state index is 13.0. The molecule has 7 nitrogen and oxygen atoms in total. The Hall–Kier alpha value is -1.99. The average molecular weight is 419 g/mol. The van der Waals surface area contributed by atoms with Gasteiger partial charge in [-0.1, -0.05) is 0 Å². The molecule has 8 heteroatoms. The van der Waals surface area contributed by atoms with Gasteiger partial charge in [0.25, 0.3) is 5.95 Å². The summed E-state index contributed by atoms with van der Waals surface area (Å²) in [6.07, 6.45) is 3.86. The van der Waals surface area contributed by atoms with E-state index in [9.17, 15) is 4.79 Å². The van der Waals surface area contributed by atoms with Gasteiger partial charge in [-0.05, 0) is 65.0 Å². The molecule has 4 heterocycles. The molecule has 0 saturated carbocycles. The van der Waals surface area contributed by atoms with Crippen LogP contribution in [-0.2, 0) is 11.2 Å². The normalized spacial score (nSPS) is 18.1. The van der Waals surface area contributed by atoms with Crippen molar-refractivity contribution in [1.29, 1.82) is 0 Å². The standard InChI is InChI=1S/C21H30N6O.ClH/c1-14-11-15(2)24-20(23-14)27-17(4)18(16(3)25-27)12-19(28)26-9-6-21(7-10-26)5-8-22-13-21;/h11,22H,5-10,12-13H2,1-4H3;1H. The summed E-state index contributed by atoms with van der Waals surface area (Å²) in [6, 6.07) is 1.95. The number of nitrogens with zero attached hydrogens (tertiary/aromatic N) is 5. The van der Waals surface area contributed by atoms with Crippen molar-refractivity contribution in [3.63, 3.8) is 0 Å². The van der Waals surface area contributed by atoms with Crippen molar-refractivity contribution in [2.75, 3.05) is 26.2 Å². The molecule has 158 valence electrons. The van der Waals surface area contributed by atoms with Gasteiger partial charge in [-0.2, -0.15) is 5.10 Å². The van der Waals surface area contributed by atoms with E-state index >= 15 is 0 Å². The summed E-state index contributed by atoms with van der Waals surface area (Å²) < 4.78 is 1.77. The average Bonchev–Trinajstić information content (AvgIpc) is 3.21. The van der Waals surface area contributed by atoms with Crippen LogP contribution in [0.1, 0.15) is 47.6 Å². The van der Waals surface area contributed by atoms with Gasteiger partial charge >= 0.3 is 0 Å². The zero-order chi connectivity index (χ0) is 19.9. The van der Waals surface area contributed by atoms with Crippen LogP contribution >= 0.6 is 12.4 Å². The van der Waals surface area contributed by atoms with E-state index in [-0.39, 0.29) is 18.3 Å². The fourth-order valence-electron chi connectivity index (χ4n) is 4.64. The third-order valence-electron chi connectivity index (χ3n) is 6.44. The first kappa shape index (κ1) is 21.7. The Balaban J connectivity index is 0.00000240. The molecule has 0 unspecified atom stereocenters. The molecule has 0 aromatic carbocycles. The predicted octanol–water partition coefficient (Wildman–Crippen LogP) is 2.46. The molecular formula is C21H31ClN6O. The number of nitrogens with one attached hydrogen (secondary N) is 1. The molecule has 1 spiro atoms. The molecule has 29 heavy (non-hydrogen) atoms. The Morgan fingerprint density at radius 3 is 2.34 bits per heavy atom. The molecule has 4 rings (SSSR count). The van der Waals surface area contributed by atoms with E-state index in [1.807, 2.05) is 38.7 Å². The van der Waals surface area contributed by atoms with Crippen LogP contribution in [0.2, 0.25) is 0 Å². The Kier molecular flexibility index (Phi) is 6.29. The van der Waals surface area contributed by atoms with E-state index in [0.29, 0.717) is 17.8 Å². The van der Waals surface area contributed by atoms with E-state index in [1.165, 1.54) is 6.42 Å². The molecule has 2 aliphatic rings. The summed E-state index contributed by atoms with van der Waals surface area (Å²) >= 11 is 0. The van der Waals surface area contributed by atoms with Gasteiger partial charge in [0, 0.05) is 42.3 Å². The van der Waals surface area contributed by atoms with Gasteiger partial charge in [0.2, 0.25) is 5.91 Å². The number of likely N-dealkylation sites (tertiary alicyclic amines) is 1. The Morgan fingerprint density at radius 2 is 1.76 bits per heavy atom. The van der Waals surface area contributed by atoms with E-state index in [4.69, 9.17) is 0 Å². The zero-order valence-corrected chi connectivity index (χ0v) is 18.6. The van der Waals surface area contributed by atoms with Gasteiger partial charge in [0.05, 0.1) is 12.1 Å². The largest absolute Gasteiger partial charge is 0.342 e. The van der Waals surface area contributed by atoms with Crippen molar-refractivity contribution < 1.29 is 4.79 Å². The van der Waals surface area contributed by atoms with Gasteiger partial charge < -0.3 is 10.2 Å². The summed E-state index contributed by atoms with van der Waals surface area (Å²) in [5, 5.41) is 8.11. The first-order valence-corrected chi connectivity index (χ1v) is 10.2. The van der Waals surface area contributed by atoms with Crippen LogP contribution in [0.15, 0.2) is 6.07 Å². The highest BCUT2D eigenvalue weighted by Gasteiger charge is 2.38. The minimum Gasteiger partial charge on any atom is -0.342 e. The van der Waals surface area contributed by atoms with Gasteiger partial charge in [-0.3, -0.25) is 4.79 Å². The highest BCUT2D eigenvalue weighted by atomic mass is 35.5. The predicted molar refractivity (Wildman–Crippen MR) is 115 cm³/mol. The van der Waals surface area contributed by atoms with Crippen molar-refractivity contribution in [2.24, 2.45) is 5.41 Å². The fraction of sp³-hybridized carbons (Fsp3) is 0.619. The Labute approximate surface area is 178 Å². The minimum atomic E-state index is 0. The third-order valence-corrected chi connectivity index (χ3v) is 6.44. The molecule has 2 aromatic rings. The molecule has 0 bridgehead atoms. The molecule has 2 saturated heterocycles. The lowest BCUT2D eigenvalue weighted by Crippen LogP contribution is -2.44. The van der Waals surface area contributed by atoms with Crippen LogP contribution in [-0.4, -0.2) is 56.7 Å². The Bertz CT molecular complexity index is 873. The topological polar surface area (TPSA) is 75.9 Å². The number of aromatic nitrogens is 4. The van der Waals surface area contributed by atoms with Gasteiger partial charge in [0.15, 0.2) is 0 Å². The van der Waals surface area contributed by atoms with Gasteiger partial charge in [-0.25, -0.2) is 14.6 Å². The van der Waals surface area contributed by atoms with Crippen LogP contribution in [0.4, 0.5) is 0 Å². The van der Waals surface area contributed by atoms with Crippen LogP contribution in [0.5, 0.6) is 0 Å². The quantitative estimate of drug-likeness (QED) is 0.828. The molecular weight excluding hydrogens is 388 g/mol. The molecule has 0 aliphatic carbocycles. The van der Waals surface area contributed by atoms with E-state index < -0.39 is 0 Å². The maximum atomic E-state index is 13.0. The van der Waals surface area contributed by atoms with Gasteiger partial charge in [-0.15, -0.1) is 12.4 Å². The first-order chi connectivity index (χ1) is 13.4. The highest BCUT2D eigenvalue weighted by molar-refractivity contribution is 5.85. The number of rotatable bonds is 3. The summed E-state index contributed by atoms with van der Waals surface area (Å²) in [4.78, 5) is 24.0. The SMILES string of the molecule is Cc1cc(C)nc(-n2nc(C)c(CC(=O)N3CCC4(CCNC4)CC3)c2C)n1.Cl. The number of halogens is 1. The lowest BCUT2D eigenvalue weighted by molar-refractivity contribution is -0.132. The summed E-state index contributed by atoms with van der Waals surface area (Å²) in [5.41, 5.74) is 5.07. The maximum Gasteiger partial charge on any atom is 0.251 e. The minimum absolute atomic E-state index is 0. The lowest BCUT2D eigenvalue weighted by Gasteiger charge is -2.39. The summed E-state index contributed by atoms with van der Waals surface area (Å²) in [7, 11) is 0. The molecule has 0 radical (unpaired) electrons. The second-order valence-electron chi connectivity index (χ2n) is 8.50. The van der Waals surface area contributed by atoms with E-state index in [0.717, 1.165) is 67.4 Å². The van der Waals surface area contributed by atoms with Crippen molar-refractivity contribution in [2.45, 2.75) is 53.4 Å². The summed E-state index contributed by atoms with van der Waals surface area (Å²) in [6.45, 7) is 11.8. The molecule has 0 atom stereocenters. The highest BCUT2D eigenvalue weighted by Crippen LogP contribution is 2.37. The van der Waals surface area contributed by atoms with Crippen molar-refractivity contribution in [3.05, 3.63) is 34.4 Å². The van der Waals surface area contributed by atoms with Crippen molar-refractivity contribution in [1.82, 2.24) is 30.0 Å². The van der Waals surface area contributed by atoms with Crippen LogP contribution in [0.25, 0.3) is 5.95 Å². The number of hydrogen-bond acceptors (Lipinski definition) is 5. The fourth-order valence-corrected chi connectivity index (χ4v) is 4.64. The second kappa shape index (κ2) is 8.40. The molecule has 2 aromatic heterocycles. The van der Waals surface area contributed by atoms with Gasteiger partial charge in [0.1, 0.15) is 0 Å². The molecule has 1 amide bonds. The smallest absolute Gasteiger partial charge is 0.251 e. The summed E-state index contributed by atoms with van der Waals surface area (Å²) in [5.74, 6) is 0.776. The van der Waals surface area contributed by atoms with E-state index in [1.54, 1.807) is 4.68 Å². The van der Waals surface area contributed by atoms with Crippen LogP contribution < -0.4 is 5.32 Å². The third kappa shape index (κ3) is 4.31. The zero-order valence-electron chi connectivity index (χ0n) is 17.8. The van der Waals surface area contributed by atoms with E-state index in [2.05, 4.69) is 20.4 Å².